The fourth-order valence-electron chi connectivity index (χ4n) is 3.04. The maximum Gasteiger partial charge on any atom is 0.0593 e. The Labute approximate surface area is 148 Å². The van der Waals surface area contributed by atoms with Crippen LogP contribution in [0.3, 0.4) is 0 Å². The van der Waals surface area contributed by atoms with Crippen LogP contribution < -0.4 is 10.2 Å². The van der Waals surface area contributed by atoms with Gasteiger partial charge < -0.3 is 15.0 Å². The average Bonchev–Trinajstić information content (AvgIpc) is 2.59. The van der Waals surface area contributed by atoms with Crippen LogP contribution in [0.4, 0.5) is 5.69 Å². The second kappa shape index (κ2) is 10.7. The molecule has 0 saturated carbocycles. The Morgan fingerprint density at radius 3 is 2.50 bits per heavy atom. The minimum Gasteiger partial charge on any atom is -0.380 e. The fourth-order valence-corrected chi connectivity index (χ4v) is 3.04. The van der Waals surface area contributed by atoms with Crippen molar-refractivity contribution < 1.29 is 4.74 Å². The van der Waals surface area contributed by atoms with Crippen molar-refractivity contribution in [1.29, 1.82) is 0 Å². The predicted octanol–water partition coefficient (Wildman–Crippen LogP) is 2.98. The number of rotatable bonds is 10. The third-order valence-electron chi connectivity index (χ3n) is 4.56. The second-order valence-corrected chi connectivity index (χ2v) is 7.29. The lowest BCUT2D eigenvalue weighted by molar-refractivity contribution is 0.105. The summed E-state index contributed by atoms with van der Waals surface area (Å²) in [7, 11) is 2.17. The Bertz CT molecular complexity index is 441. The van der Waals surface area contributed by atoms with Crippen LogP contribution in [0.2, 0.25) is 0 Å². The van der Waals surface area contributed by atoms with Crippen LogP contribution in [-0.2, 0) is 11.3 Å². The van der Waals surface area contributed by atoms with Gasteiger partial charge in [-0.3, -0.25) is 4.90 Å². The van der Waals surface area contributed by atoms with Crippen molar-refractivity contribution in [2.45, 2.75) is 33.2 Å². The molecule has 0 atom stereocenters. The molecule has 1 N–H and O–H groups in total. The first-order valence-corrected chi connectivity index (χ1v) is 9.46. The van der Waals surface area contributed by atoms with Crippen molar-refractivity contribution in [3.63, 3.8) is 0 Å². The van der Waals surface area contributed by atoms with E-state index in [1.54, 1.807) is 0 Å². The average molecular weight is 334 g/mol. The van der Waals surface area contributed by atoms with E-state index in [0.717, 1.165) is 58.4 Å². The molecule has 0 bridgehead atoms. The van der Waals surface area contributed by atoms with E-state index in [4.69, 9.17) is 4.74 Å². The van der Waals surface area contributed by atoms with Gasteiger partial charge in [-0.2, -0.15) is 0 Å². The number of benzene rings is 1. The number of ether oxygens (including phenoxy) is 1. The summed E-state index contributed by atoms with van der Waals surface area (Å²) < 4.78 is 5.74. The van der Waals surface area contributed by atoms with Crippen LogP contribution in [0, 0.1) is 5.92 Å². The summed E-state index contributed by atoms with van der Waals surface area (Å²) in [5.74, 6) is 0.778. The molecule has 1 aromatic carbocycles. The Hall–Kier alpha value is -1.10. The zero-order valence-corrected chi connectivity index (χ0v) is 15.8. The lowest BCUT2D eigenvalue weighted by Crippen LogP contribution is -2.43. The smallest absolute Gasteiger partial charge is 0.0593 e. The standard InChI is InChI=1S/C20H35N3O/c1-18(2)5-4-15-24-16-14-22(3)17-19-6-8-20(9-7-19)23-12-10-21-11-13-23/h6-9,18,21H,4-5,10-17H2,1-3H3. The molecule has 2 rings (SSSR count). The monoisotopic (exact) mass is 333 g/mol. The number of piperazine rings is 1. The van der Waals surface area contributed by atoms with Crippen LogP contribution in [0.5, 0.6) is 0 Å². The molecule has 1 aliphatic rings. The molecule has 0 spiro atoms. The molecule has 1 fully saturated rings. The van der Waals surface area contributed by atoms with E-state index in [1.807, 2.05) is 0 Å². The van der Waals surface area contributed by atoms with E-state index in [0.29, 0.717) is 0 Å². The fraction of sp³-hybridized carbons (Fsp3) is 0.700. The second-order valence-electron chi connectivity index (χ2n) is 7.29. The minimum absolute atomic E-state index is 0.778. The van der Waals surface area contributed by atoms with Crippen LogP contribution in [0.25, 0.3) is 0 Å². The molecule has 1 aliphatic heterocycles. The molecule has 1 aromatic rings. The number of hydrogen-bond acceptors (Lipinski definition) is 4. The highest BCUT2D eigenvalue weighted by Gasteiger charge is 2.10. The van der Waals surface area contributed by atoms with Gasteiger partial charge in [0.25, 0.3) is 0 Å². The van der Waals surface area contributed by atoms with Gasteiger partial charge in [-0.15, -0.1) is 0 Å². The molecule has 4 heteroatoms. The van der Waals surface area contributed by atoms with Gasteiger partial charge in [-0.25, -0.2) is 0 Å². The highest BCUT2D eigenvalue weighted by Crippen LogP contribution is 2.16. The molecule has 0 unspecified atom stereocenters. The first-order chi connectivity index (χ1) is 11.6. The van der Waals surface area contributed by atoms with E-state index in [2.05, 4.69) is 60.3 Å². The molecule has 0 radical (unpaired) electrons. The van der Waals surface area contributed by atoms with Gasteiger partial charge in [0.2, 0.25) is 0 Å². The normalized spacial score (nSPS) is 15.5. The van der Waals surface area contributed by atoms with Gasteiger partial charge in [0, 0.05) is 51.6 Å². The SMILES string of the molecule is CC(C)CCCOCCN(C)Cc1ccc(N2CCNCC2)cc1. The Kier molecular flexibility index (Phi) is 8.57. The van der Waals surface area contributed by atoms with E-state index in [9.17, 15) is 0 Å². The van der Waals surface area contributed by atoms with Gasteiger partial charge in [0.05, 0.1) is 6.61 Å². The van der Waals surface area contributed by atoms with Gasteiger partial charge in [0.1, 0.15) is 0 Å². The van der Waals surface area contributed by atoms with Crippen molar-refractivity contribution >= 4 is 5.69 Å². The molecule has 136 valence electrons. The first-order valence-electron chi connectivity index (χ1n) is 9.46. The molecule has 4 nitrogen and oxygen atoms in total. The highest BCUT2D eigenvalue weighted by molar-refractivity contribution is 5.48. The van der Waals surface area contributed by atoms with Crippen molar-refractivity contribution in [3.05, 3.63) is 29.8 Å². The molecule has 0 amide bonds. The topological polar surface area (TPSA) is 27.7 Å². The van der Waals surface area contributed by atoms with Gasteiger partial charge in [-0.1, -0.05) is 26.0 Å². The Morgan fingerprint density at radius 1 is 1.12 bits per heavy atom. The Balaban J connectivity index is 1.63. The molecule has 0 aromatic heterocycles. The van der Waals surface area contributed by atoms with E-state index >= 15 is 0 Å². The summed E-state index contributed by atoms with van der Waals surface area (Å²) in [5.41, 5.74) is 2.72. The zero-order valence-electron chi connectivity index (χ0n) is 15.8. The van der Waals surface area contributed by atoms with E-state index in [-0.39, 0.29) is 0 Å². The van der Waals surface area contributed by atoms with Gasteiger partial charge in [-0.05, 0) is 43.5 Å². The van der Waals surface area contributed by atoms with Crippen molar-refractivity contribution in [3.8, 4) is 0 Å². The van der Waals surface area contributed by atoms with Gasteiger partial charge in [0.15, 0.2) is 0 Å². The largest absolute Gasteiger partial charge is 0.380 e. The van der Waals surface area contributed by atoms with Crippen molar-refractivity contribution in [2.75, 3.05) is 57.9 Å². The summed E-state index contributed by atoms with van der Waals surface area (Å²) in [5, 5.41) is 3.40. The lowest BCUT2D eigenvalue weighted by atomic mass is 10.1. The maximum atomic E-state index is 5.74. The van der Waals surface area contributed by atoms with Crippen molar-refractivity contribution in [2.24, 2.45) is 5.92 Å². The molecular formula is C20H35N3O. The van der Waals surface area contributed by atoms with E-state index in [1.165, 1.54) is 24.1 Å². The number of anilines is 1. The maximum absolute atomic E-state index is 5.74. The van der Waals surface area contributed by atoms with Crippen LogP contribution in [0.1, 0.15) is 32.3 Å². The third kappa shape index (κ3) is 7.20. The zero-order chi connectivity index (χ0) is 17.2. The molecule has 0 aliphatic carbocycles. The first kappa shape index (κ1) is 19.2. The number of likely N-dealkylation sites (N-methyl/N-ethyl adjacent to an activating group) is 1. The van der Waals surface area contributed by atoms with E-state index < -0.39 is 0 Å². The summed E-state index contributed by atoms with van der Waals surface area (Å²) in [4.78, 5) is 4.79. The predicted molar refractivity (Wildman–Crippen MR) is 103 cm³/mol. The van der Waals surface area contributed by atoms with Gasteiger partial charge >= 0.3 is 0 Å². The Morgan fingerprint density at radius 2 is 1.83 bits per heavy atom. The quantitative estimate of drug-likeness (QED) is 0.666. The van der Waals surface area contributed by atoms with Crippen LogP contribution in [0.15, 0.2) is 24.3 Å². The number of hydrogen-bond donors (Lipinski definition) is 1. The minimum atomic E-state index is 0.778. The molecule has 1 heterocycles. The summed E-state index contributed by atoms with van der Waals surface area (Å²) in [6.07, 6.45) is 2.43. The molecule has 1 saturated heterocycles. The van der Waals surface area contributed by atoms with Crippen LogP contribution in [-0.4, -0.2) is 57.9 Å². The molecular weight excluding hydrogens is 298 g/mol. The number of nitrogens with zero attached hydrogens (tertiary/aromatic N) is 2. The summed E-state index contributed by atoms with van der Waals surface area (Å²) >= 11 is 0. The third-order valence-corrected chi connectivity index (χ3v) is 4.56. The summed E-state index contributed by atoms with van der Waals surface area (Å²) in [6, 6.07) is 9.04. The summed E-state index contributed by atoms with van der Waals surface area (Å²) in [6.45, 7) is 12.6. The molecule has 24 heavy (non-hydrogen) atoms. The number of nitrogens with one attached hydrogen (secondary N) is 1. The highest BCUT2D eigenvalue weighted by atomic mass is 16.5. The van der Waals surface area contributed by atoms with Crippen LogP contribution >= 0.6 is 0 Å². The lowest BCUT2D eigenvalue weighted by Gasteiger charge is -2.29. The van der Waals surface area contributed by atoms with Crippen molar-refractivity contribution in [1.82, 2.24) is 10.2 Å².